The van der Waals surface area contributed by atoms with Gasteiger partial charge in [-0.1, -0.05) is 31.9 Å². The summed E-state index contributed by atoms with van der Waals surface area (Å²) in [5.74, 6) is 0. The largest absolute Gasteiger partial charge is 0.231 e. The van der Waals surface area contributed by atoms with Crippen molar-refractivity contribution in [2.45, 2.75) is 70.5 Å². The van der Waals surface area contributed by atoms with E-state index in [1.54, 1.807) is 0 Å². The summed E-state index contributed by atoms with van der Waals surface area (Å²) in [6.07, 6.45) is 7.28. The Morgan fingerprint density at radius 3 is 2.15 bits per heavy atom. The predicted molar refractivity (Wildman–Crippen MR) is 85.1 cm³/mol. The third-order valence-corrected chi connectivity index (χ3v) is 5.93. The number of thiol groups is 1. The maximum atomic E-state index is 11.4. The molecule has 1 aromatic carbocycles. The van der Waals surface area contributed by atoms with Crippen LogP contribution in [0.3, 0.4) is 0 Å². The van der Waals surface area contributed by atoms with Crippen molar-refractivity contribution in [1.29, 1.82) is 0 Å². The number of hydrogen-bond acceptors (Lipinski definition) is 2. The summed E-state index contributed by atoms with van der Waals surface area (Å²) in [7, 11) is -2.30. The van der Waals surface area contributed by atoms with Crippen LogP contribution in [-0.2, 0) is 23.5 Å². The molecule has 1 aliphatic rings. The fourth-order valence-electron chi connectivity index (χ4n) is 2.98. The van der Waals surface area contributed by atoms with Gasteiger partial charge < -0.3 is 0 Å². The summed E-state index contributed by atoms with van der Waals surface area (Å²) in [6, 6.07) is 4.51. The van der Waals surface area contributed by atoms with Crippen molar-refractivity contribution in [3.8, 4) is 0 Å². The molecule has 0 spiro atoms. The van der Waals surface area contributed by atoms with Gasteiger partial charge in [-0.3, -0.25) is 0 Å². The minimum absolute atomic E-state index is 0.422. The minimum Gasteiger partial charge on any atom is -0.231 e. The van der Waals surface area contributed by atoms with Crippen molar-refractivity contribution in [3.05, 3.63) is 34.4 Å². The van der Waals surface area contributed by atoms with E-state index in [1.165, 1.54) is 41.5 Å². The van der Waals surface area contributed by atoms with E-state index < -0.39 is 15.5 Å². The molecule has 0 bridgehead atoms. The number of benzene rings is 1. The Morgan fingerprint density at radius 2 is 1.70 bits per heavy atom. The van der Waals surface area contributed by atoms with Crippen molar-refractivity contribution in [3.63, 3.8) is 0 Å². The van der Waals surface area contributed by atoms with E-state index in [-0.39, 0.29) is 0 Å². The second-order valence-electron chi connectivity index (χ2n) is 6.32. The van der Waals surface area contributed by atoms with Gasteiger partial charge in [0.05, 0.1) is 4.75 Å². The molecule has 0 heterocycles. The first kappa shape index (κ1) is 15.6. The van der Waals surface area contributed by atoms with Crippen molar-refractivity contribution >= 4 is 10.7 Å². The van der Waals surface area contributed by atoms with Crippen molar-refractivity contribution < 1.29 is 8.42 Å². The van der Waals surface area contributed by atoms with E-state index in [0.717, 1.165) is 19.3 Å². The van der Waals surface area contributed by atoms with Crippen molar-refractivity contribution in [2.24, 2.45) is 0 Å². The number of unbranched alkanes of at least 4 members (excludes halogenated alkanes) is 2. The zero-order chi connectivity index (χ0) is 14.8. The molecule has 1 aromatic rings. The maximum absolute atomic E-state index is 11.4. The first-order valence-corrected chi connectivity index (χ1v) is 8.90. The summed E-state index contributed by atoms with van der Waals surface area (Å²) >= 11 is 0. The molecule has 0 radical (unpaired) electrons. The van der Waals surface area contributed by atoms with Crippen LogP contribution in [0.4, 0.5) is 0 Å². The van der Waals surface area contributed by atoms with Gasteiger partial charge in [-0.25, -0.2) is 8.42 Å². The highest BCUT2D eigenvalue weighted by molar-refractivity contribution is 7.74. The van der Waals surface area contributed by atoms with Crippen LogP contribution in [0.25, 0.3) is 0 Å². The molecular formula is C17H26O2S. The average Bonchev–Trinajstić information content (AvgIpc) is 3.15. The summed E-state index contributed by atoms with van der Waals surface area (Å²) in [5.41, 5.74) is 5.17. The molecule has 1 saturated carbocycles. The van der Waals surface area contributed by atoms with Crippen LogP contribution in [0.2, 0.25) is 0 Å². The molecule has 2 rings (SSSR count). The zero-order valence-electron chi connectivity index (χ0n) is 12.9. The molecule has 112 valence electrons. The fourth-order valence-corrected chi connectivity index (χ4v) is 3.75. The molecule has 0 aliphatic heterocycles. The van der Waals surface area contributed by atoms with Gasteiger partial charge in [0.1, 0.15) is 10.7 Å². The van der Waals surface area contributed by atoms with Gasteiger partial charge in [-0.2, -0.15) is 0 Å². The molecule has 20 heavy (non-hydrogen) atoms. The van der Waals surface area contributed by atoms with Crippen LogP contribution in [0, 0.1) is 13.8 Å². The van der Waals surface area contributed by atoms with Crippen LogP contribution in [0.15, 0.2) is 12.1 Å². The Hall–Kier alpha value is -0.830. The van der Waals surface area contributed by atoms with Gasteiger partial charge in [0.15, 0.2) is 0 Å². The number of hydrogen-bond donors (Lipinski definition) is 1. The van der Waals surface area contributed by atoms with Gasteiger partial charge in [0, 0.05) is 0 Å². The van der Waals surface area contributed by atoms with E-state index in [2.05, 4.69) is 32.9 Å². The van der Waals surface area contributed by atoms with Crippen LogP contribution < -0.4 is 0 Å². The molecule has 1 aliphatic carbocycles. The Balaban J connectivity index is 2.15. The highest BCUT2D eigenvalue weighted by atomic mass is 32.2. The summed E-state index contributed by atoms with van der Waals surface area (Å²) in [4.78, 5) is 0. The van der Waals surface area contributed by atoms with Crippen molar-refractivity contribution in [2.75, 3.05) is 0 Å². The summed E-state index contributed by atoms with van der Waals surface area (Å²) in [5, 5.41) is 0. The third kappa shape index (κ3) is 3.43. The number of rotatable bonds is 7. The lowest BCUT2D eigenvalue weighted by molar-refractivity contribution is 0.595. The van der Waals surface area contributed by atoms with E-state index in [4.69, 9.17) is 0 Å². The Morgan fingerprint density at radius 1 is 1.10 bits per heavy atom. The van der Waals surface area contributed by atoms with Gasteiger partial charge in [-0.15, -0.1) is 0 Å². The minimum atomic E-state index is -2.30. The number of aryl methyl sites for hydroxylation is 3. The van der Waals surface area contributed by atoms with E-state index in [1.807, 2.05) is 0 Å². The van der Waals surface area contributed by atoms with Crippen LogP contribution in [0.5, 0.6) is 0 Å². The molecule has 0 saturated heterocycles. The predicted octanol–water partition coefficient (Wildman–Crippen LogP) is 3.72. The Kier molecular flexibility index (Phi) is 4.90. The third-order valence-electron chi connectivity index (χ3n) is 4.55. The summed E-state index contributed by atoms with van der Waals surface area (Å²) in [6.45, 7) is 6.47. The highest BCUT2D eigenvalue weighted by Crippen LogP contribution is 2.43. The molecule has 2 nitrogen and oxygen atoms in total. The molecule has 0 unspecified atom stereocenters. The molecule has 0 aromatic heterocycles. The van der Waals surface area contributed by atoms with Crippen molar-refractivity contribution in [1.82, 2.24) is 0 Å². The van der Waals surface area contributed by atoms with Crippen LogP contribution in [0.1, 0.15) is 61.3 Å². The quantitative estimate of drug-likeness (QED) is 0.614. The highest BCUT2D eigenvalue weighted by Gasteiger charge is 2.46. The van der Waals surface area contributed by atoms with Gasteiger partial charge >= 0.3 is 0 Å². The molecule has 0 N–H and O–H groups in total. The Bertz CT molecular complexity index is 523. The van der Waals surface area contributed by atoms with Gasteiger partial charge in [0.2, 0.25) is 0 Å². The monoisotopic (exact) mass is 294 g/mol. The second-order valence-corrected chi connectivity index (χ2v) is 7.79. The van der Waals surface area contributed by atoms with E-state index >= 15 is 0 Å². The maximum Gasteiger partial charge on any atom is 0.146 e. The van der Waals surface area contributed by atoms with Gasteiger partial charge in [0.25, 0.3) is 0 Å². The molecule has 0 amide bonds. The summed E-state index contributed by atoms with van der Waals surface area (Å²) < 4.78 is 22.4. The normalized spacial score (nSPS) is 16.6. The molecule has 1 fully saturated rings. The smallest absolute Gasteiger partial charge is 0.146 e. The molecular weight excluding hydrogens is 268 g/mol. The average molecular weight is 294 g/mol. The lowest BCUT2D eigenvalue weighted by Gasteiger charge is -2.15. The first-order chi connectivity index (χ1) is 9.48. The van der Waals surface area contributed by atoms with E-state index in [0.29, 0.717) is 6.42 Å². The SMILES string of the molecule is CCCCCc1cc(C)c(CC2([SH](=O)=O)CC2)c(C)c1. The lowest BCUT2D eigenvalue weighted by atomic mass is 9.93. The van der Waals surface area contributed by atoms with Crippen LogP contribution >= 0.6 is 0 Å². The van der Waals surface area contributed by atoms with Crippen LogP contribution in [-0.4, -0.2) is 13.2 Å². The van der Waals surface area contributed by atoms with E-state index in [9.17, 15) is 8.42 Å². The Labute approximate surface area is 124 Å². The zero-order valence-corrected chi connectivity index (χ0v) is 13.8. The molecule has 0 atom stereocenters. The fraction of sp³-hybridized carbons (Fsp3) is 0.647. The van der Waals surface area contributed by atoms with Gasteiger partial charge in [-0.05, 0) is 68.2 Å². The standard InChI is InChI=1S/C17H26O2S/c1-4-5-6-7-15-10-13(2)16(14(3)11-15)12-17(8-9-17)20(18)19/h10-11,20H,4-9,12H2,1-3H3. The molecule has 3 heteroatoms. The lowest BCUT2D eigenvalue weighted by Crippen LogP contribution is -2.16. The second kappa shape index (κ2) is 6.30. The first-order valence-electron chi connectivity index (χ1n) is 7.72. The topological polar surface area (TPSA) is 34.1 Å².